The van der Waals surface area contributed by atoms with Crippen LogP contribution in [0.3, 0.4) is 0 Å². The molecule has 0 bridgehead atoms. The molecule has 0 fully saturated rings. The molecule has 3 heterocycles. The highest BCUT2D eigenvalue weighted by molar-refractivity contribution is 7.16. The van der Waals surface area contributed by atoms with Gasteiger partial charge in [0.05, 0.1) is 27.2 Å². The molecular formula is C15H8F2N2O4S. The second-order valence-corrected chi connectivity index (χ2v) is 5.91. The zero-order valence-corrected chi connectivity index (χ0v) is 12.9. The lowest BCUT2D eigenvalue weighted by Crippen LogP contribution is -2.14. The van der Waals surface area contributed by atoms with E-state index in [1.165, 1.54) is 4.40 Å². The molecule has 4 aromatic rings. The second kappa shape index (κ2) is 4.84. The molecule has 0 aliphatic heterocycles. The third-order valence-corrected chi connectivity index (χ3v) is 4.70. The van der Waals surface area contributed by atoms with Crippen molar-refractivity contribution in [1.29, 1.82) is 0 Å². The minimum atomic E-state index is -1.66. The lowest BCUT2D eigenvalue weighted by atomic mass is 10.1. The van der Waals surface area contributed by atoms with Crippen molar-refractivity contribution in [3.05, 3.63) is 38.7 Å². The van der Waals surface area contributed by atoms with Crippen molar-refractivity contribution in [2.24, 2.45) is 4.99 Å². The number of pyridine rings is 1. The Bertz CT molecular complexity index is 1240. The van der Waals surface area contributed by atoms with Crippen molar-refractivity contribution in [3.63, 3.8) is 0 Å². The van der Waals surface area contributed by atoms with E-state index in [-0.39, 0.29) is 26.5 Å². The summed E-state index contributed by atoms with van der Waals surface area (Å²) in [6, 6.07) is 0.758. The fourth-order valence-electron chi connectivity index (χ4n) is 2.95. The first-order valence-electron chi connectivity index (χ1n) is 6.89. The zero-order valence-electron chi connectivity index (χ0n) is 12.1. The Morgan fingerprint density at radius 1 is 1.46 bits per heavy atom. The summed E-state index contributed by atoms with van der Waals surface area (Å²) in [5.41, 5.74) is -0.162. The number of halogens is 2. The number of rotatable bonds is 2. The van der Waals surface area contributed by atoms with Gasteiger partial charge in [-0.05, 0) is 13.0 Å². The van der Waals surface area contributed by atoms with E-state index in [9.17, 15) is 18.4 Å². The largest absolute Gasteiger partial charge is 0.511 e. The molecule has 0 saturated carbocycles. The first-order chi connectivity index (χ1) is 11.5. The van der Waals surface area contributed by atoms with Crippen LogP contribution in [0.25, 0.3) is 26.6 Å². The summed E-state index contributed by atoms with van der Waals surface area (Å²) in [4.78, 5) is 27.9. The lowest BCUT2D eigenvalue weighted by molar-refractivity contribution is 0.144. The van der Waals surface area contributed by atoms with Crippen LogP contribution in [0.4, 0.5) is 13.6 Å². The van der Waals surface area contributed by atoms with Crippen molar-refractivity contribution in [1.82, 2.24) is 4.40 Å². The first kappa shape index (κ1) is 14.8. The highest BCUT2D eigenvalue weighted by Crippen LogP contribution is 2.34. The Labute approximate surface area is 135 Å². The van der Waals surface area contributed by atoms with Crippen LogP contribution in [0.1, 0.15) is 6.92 Å². The maximum atomic E-state index is 14.4. The van der Waals surface area contributed by atoms with Gasteiger partial charge in [-0.1, -0.05) is 0 Å². The highest BCUT2D eigenvalue weighted by Gasteiger charge is 2.26. The molecule has 0 aliphatic rings. The molecule has 1 aromatic carbocycles. The molecule has 122 valence electrons. The Hall–Kier alpha value is -2.81. The van der Waals surface area contributed by atoms with E-state index in [1.807, 2.05) is 0 Å². The smallest absolute Gasteiger partial charge is 0.449 e. The van der Waals surface area contributed by atoms with Crippen LogP contribution < -0.4 is 15.5 Å². The van der Waals surface area contributed by atoms with Crippen LogP contribution in [-0.2, 0) is 0 Å². The van der Waals surface area contributed by atoms with Crippen molar-refractivity contribution < 1.29 is 23.4 Å². The number of carbonyl (C=O) groups is 1. The number of carboxylic acid groups (broad SMARTS) is 1. The van der Waals surface area contributed by atoms with Gasteiger partial charge in [0.15, 0.2) is 11.6 Å². The molecule has 4 rings (SSSR count). The van der Waals surface area contributed by atoms with Gasteiger partial charge in [-0.15, -0.1) is 11.3 Å². The van der Waals surface area contributed by atoms with E-state index < -0.39 is 29.0 Å². The number of ether oxygens (including phenoxy) is 1. The van der Waals surface area contributed by atoms with Crippen LogP contribution >= 0.6 is 11.3 Å². The number of hydrogen-bond donors (Lipinski definition) is 1. The third kappa shape index (κ3) is 1.70. The first-order valence-corrected chi connectivity index (χ1v) is 7.77. The van der Waals surface area contributed by atoms with E-state index >= 15 is 0 Å². The summed E-state index contributed by atoms with van der Waals surface area (Å²) >= 11 is 1.07. The Balaban J connectivity index is 2.39. The van der Waals surface area contributed by atoms with Crippen LogP contribution in [0, 0.1) is 11.6 Å². The molecule has 0 saturated heterocycles. The van der Waals surface area contributed by atoms with E-state index in [0.29, 0.717) is 12.1 Å². The van der Waals surface area contributed by atoms with Crippen LogP contribution in [0.15, 0.2) is 21.2 Å². The van der Waals surface area contributed by atoms with E-state index in [0.717, 1.165) is 17.4 Å². The quantitative estimate of drug-likeness (QED) is 0.564. The summed E-state index contributed by atoms with van der Waals surface area (Å²) in [7, 11) is 0. The molecule has 0 radical (unpaired) electrons. The number of hydrogen-bond acceptors (Lipinski definition) is 5. The molecule has 3 aromatic heterocycles. The van der Waals surface area contributed by atoms with Gasteiger partial charge in [0, 0.05) is 11.9 Å². The summed E-state index contributed by atoms with van der Waals surface area (Å²) in [6.07, 6.45) is -1.66. The summed E-state index contributed by atoms with van der Waals surface area (Å²) in [6.45, 7) is 2.08. The topological polar surface area (TPSA) is 80.4 Å². The van der Waals surface area contributed by atoms with Gasteiger partial charge in [-0.3, -0.25) is 14.2 Å². The average molecular weight is 350 g/mol. The molecule has 0 atom stereocenters. The SMILES string of the molecule is CCN=c1c2c(F)c(F)cc3c(=O)c(OC(=O)O)c4scc1n4c32. The fraction of sp³-hybridized carbons (Fsp3) is 0.133. The summed E-state index contributed by atoms with van der Waals surface area (Å²) < 4.78 is 34.5. The predicted molar refractivity (Wildman–Crippen MR) is 83.6 cm³/mol. The third-order valence-electron chi connectivity index (χ3n) is 3.77. The van der Waals surface area contributed by atoms with Crippen molar-refractivity contribution in [2.75, 3.05) is 6.54 Å². The van der Waals surface area contributed by atoms with Gasteiger partial charge < -0.3 is 9.84 Å². The van der Waals surface area contributed by atoms with Crippen LogP contribution in [-0.4, -0.2) is 22.2 Å². The number of aromatic nitrogens is 1. The van der Waals surface area contributed by atoms with E-state index in [4.69, 9.17) is 5.11 Å². The maximum Gasteiger partial charge on any atom is 0.511 e. The molecule has 1 N–H and O–H groups in total. The molecular weight excluding hydrogens is 342 g/mol. The standard InChI is InChI=1S/C15H8F2N2O4S/c1-2-18-10-7-4-24-14-13(23-15(21)22)12(20)5-3-6(16)9(17)8(10)11(5)19(7)14/h3-4H,2H2,1H3,(H,21,22). The van der Waals surface area contributed by atoms with Gasteiger partial charge in [-0.2, -0.15) is 0 Å². The molecule has 24 heavy (non-hydrogen) atoms. The molecule has 0 unspecified atom stereocenters. The number of benzene rings is 1. The Morgan fingerprint density at radius 3 is 2.88 bits per heavy atom. The molecule has 9 heteroatoms. The lowest BCUT2D eigenvalue weighted by Gasteiger charge is -2.06. The summed E-state index contributed by atoms with van der Waals surface area (Å²) in [5, 5.41) is 10.5. The summed E-state index contributed by atoms with van der Waals surface area (Å²) in [5.74, 6) is -2.72. The maximum absolute atomic E-state index is 14.4. The zero-order chi connectivity index (χ0) is 17.2. The number of thiazole rings is 1. The van der Waals surface area contributed by atoms with Gasteiger partial charge in [-0.25, -0.2) is 13.6 Å². The van der Waals surface area contributed by atoms with E-state index in [2.05, 4.69) is 9.73 Å². The van der Waals surface area contributed by atoms with Gasteiger partial charge in [0.1, 0.15) is 4.83 Å². The van der Waals surface area contributed by atoms with Crippen molar-refractivity contribution in [3.8, 4) is 5.75 Å². The molecule has 0 spiro atoms. The predicted octanol–water partition coefficient (Wildman–Crippen LogP) is 2.80. The van der Waals surface area contributed by atoms with E-state index in [1.54, 1.807) is 12.3 Å². The van der Waals surface area contributed by atoms with Gasteiger partial charge in [0.25, 0.3) is 0 Å². The normalized spacial score (nSPS) is 12.9. The molecule has 6 nitrogen and oxygen atoms in total. The van der Waals surface area contributed by atoms with Crippen LogP contribution in [0.2, 0.25) is 0 Å². The average Bonchev–Trinajstić information content (AvgIpc) is 3.07. The van der Waals surface area contributed by atoms with Gasteiger partial charge in [0.2, 0.25) is 11.2 Å². The minimum absolute atomic E-state index is 0.0846. The molecule has 0 aliphatic carbocycles. The highest BCUT2D eigenvalue weighted by atomic mass is 32.1. The molecule has 0 amide bonds. The van der Waals surface area contributed by atoms with Crippen molar-refractivity contribution in [2.45, 2.75) is 6.92 Å². The van der Waals surface area contributed by atoms with Gasteiger partial charge >= 0.3 is 6.16 Å². The monoisotopic (exact) mass is 350 g/mol. The Morgan fingerprint density at radius 2 is 2.21 bits per heavy atom. The number of nitrogens with zero attached hydrogens (tertiary/aromatic N) is 2. The second-order valence-electron chi connectivity index (χ2n) is 5.05. The van der Waals surface area contributed by atoms with Crippen LogP contribution in [0.5, 0.6) is 5.75 Å². The Kier molecular flexibility index (Phi) is 2.98. The fourth-order valence-corrected chi connectivity index (χ4v) is 3.92. The minimum Gasteiger partial charge on any atom is -0.449 e. The van der Waals surface area contributed by atoms with Crippen molar-refractivity contribution >= 4 is 44.1 Å².